The third-order valence-corrected chi connectivity index (χ3v) is 4.06. The lowest BCUT2D eigenvalue weighted by Gasteiger charge is -2.32. The minimum absolute atomic E-state index is 0.139. The third kappa shape index (κ3) is 3.43. The first-order valence-electron chi connectivity index (χ1n) is 5.94. The molecule has 1 fully saturated rings. The van der Waals surface area contributed by atoms with Gasteiger partial charge in [-0.15, -0.1) is 0 Å². The summed E-state index contributed by atoms with van der Waals surface area (Å²) in [5.74, 6) is -0.139. The molecule has 2 N–H and O–H groups in total. The molecule has 1 saturated heterocycles. The molecule has 4 nitrogen and oxygen atoms in total. The summed E-state index contributed by atoms with van der Waals surface area (Å²) in [4.78, 5) is 12.0. The number of ether oxygens (including phenoxy) is 1. The summed E-state index contributed by atoms with van der Waals surface area (Å²) < 4.78 is 6.11. The fourth-order valence-corrected chi connectivity index (χ4v) is 2.55. The highest BCUT2D eigenvalue weighted by atomic mass is 127. The lowest BCUT2D eigenvalue weighted by Crippen LogP contribution is -2.46. The Morgan fingerprint density at radius 3 is 2.72 bits per heavy atom. The molecule has 0 aliphatic carbocycles. The highest BCUT2D eigenvalue weighted by molar-refractivity contribution is 14.1. The molecule has 1 heterocycles. The molecule has 0 unspecified atom stereocenters. The summed E-state index contributed by atoms with van der Waals surface area (Å²) in [6, 6.07) is 7.40. The summed E-state index contributed by atoms with van der Waals surface area (Å²) >= 11 is 2.13. The van der Waals surface area contributed by atoms with Crippen LogP contribution < -0.4 is 5.32 Å². The Morgan fingerprint density at radius 1 is 1.39 bits per heavy atom. The van der Waals surface area contributed by atoms with E-state index in [-0.39, 0.29) is 12.5 Å². The molecular weight excluding hydrogens is 345 g/mol. The Morgan fingerprint density at radius 2 is 2.06 bits per heavy atom. The van der Waals surface area contributed by atoms with Crippen LogP contribution >= 0.6 is 22.6 Å². The van der Waals surface area contributed by atoms with E-state index in [4.69, 9.17) is 4.74 Å². The van der Waals surface area contributed by atoms with Crippen LogP contribution in [0.15, 0.2) is 24.3 Å². The van der Waals surface area contributed by atoms with E-state index in [2.05, 4.69) is 27.9 Å². The summed E-state index contributed by atoms with van der Waals surface area (Å²) in [5, 5.41) is 13.0. The minimum atomic E-state index is -0.825. The van der Waals surface area contributed by atoms with Crippen LogP contribution in [0, 0.1) is 3.57 Å². The summed E-state index contributed by atoms with van der Waals surface area (Å²) in [7, 11) is 0. The normalized spacial score (nSPS) is 18.3. The molecule has 2 rings (SSSR count). The molecule has 0 aromatic heterocycles. The summed E-state index contributed by atoms with van der Waals surface area (Å²) in [5.41, 5.74) is -0.178. The van der Waals surface area contributed by atoms with Crippen LogP contribution in [-0.4, -0.2) is 36.4 Å². The van der Waals surface area contributed by atoms with Gasteiger partial charge in [-0.3, -0.25) is 4.79 Å². The molecule has 1 aliphatic heterocycles. The van der Waals surface area contributed by atoms with Crippen LogP contribution in [-0.2, 0) is 4.74 Å². The lowest BCUT2D eigenvalue weighted by atomic mass is 9.94. The number of hydrogen-bond donors (Lipinski definition) is 2. The number of nitrogens with one attached hydrogen (secondary N) is 1. The predicted molar refractivity (Wildman–Crippen MR) is 76.5 cm³/mol. The molecule has 5 heteroatoms. The molecule has 0 saturated carbocycles. The van der Waals surface area contributed by atoms with Crippen LogP contribution in [0.2, 0.25) is 0 Å². The second-order valence-corrected chi connectivity index (χ2v) is 5.66. The fourth-order valence-electron chi connectivity index (χ4n) is 1.91. The van der Waals surface area contributed by atoms with Gasteiger partial charge in [0.25, 0.3) is 5.91 Å². The number of benzene rings is 1. The lowest BCUT2D eigenvalue weighted by molar-refractivity contribution is -0.0605. The highest BCUT2D eigenvalue weighted by Crippen LogP contribution is 2.19. The maximum absolute atomic E-state index is 12.0. The van der Waals surface area contributed by atoms with Crippen molar-refractivity contribution in [3.63, 3.8) is 0 Å². The van der Waals surface area contributed by atoms with Gasteiger partial charge in [0, 0.05) is 36.2 Å². The zero-order valence-corrected chi connectivity index (χ0v) is 12.1. The van der Waals surface area contributed by atoms with Crippen LogP contribution in [0.25, 0.3) is 0 Å². The van der Waals surface area contributed by atoms with E-state index in [0.717, 1.165) is 3.57 Å². The Labute approximate surface area is 120 Å². The molecule has 0 spiro atoms. The fraction of sp³-hybridized carbons (Fsp3) is 0.462. The van der Waals surface area contributed by atoms with Crippen molar-refractivity contribution in [3.8, 4) is 0 Å². The van der Waals surface area contributed by atoms with Crippen LogP contribution in [0.4, 0.5) is 0 Å². The Hall–Kier alpha value is -0.660. The number of halogens is 1. The number of carbonyl (C=O) groups is 1. The zero-order chi connectivity index (χ0) is 13.0. The summed E-state index contributed by atoms with van der Waals surface area (Å²) in [6.45, 7) is 1.38. The molecule has 18 heavy (non-hydrogen) atoms. The van der Waals surface area contributed by atoms with E-state index in [9.17, 15) is 9.90 Å². The van der Waals surface area contributed by atoms with Crippen molar-refractivity contribution in [2.24, 2.45) is 0 Å². The van der Waals surface area contributed by atoms with Gasteiger partial charge in [0.1, 0.15) is 0 Å². The third-order valence-electron chi connectivity index (χ3n) is 3.12. The molecule has 1 aromatic carbocycles. The van der Waals surface area contributed by atoms with Crippen LogP contribution in [0.1, 0.15) is 23.2 Å². The molecule has 0 bridgehead atoms. The van der Waals surface area contributed by atoms with E-state index in [1.54, 1.807) is 6.07 Å². The Balaban J connectivity index is 1.94. The number of amides is 1. The maximum Gasteiger partial charge on any atom is 0.252 e. The predicted octanol–water partition coefficient (Wildman–Crippen LogP) is 1.56. The van der Waals surface area contributed by atoms with E-state index in [1.165, 1.54) is 0 Å². The average Bonchev–Trinajstić information content (AvgIpc) is 2.38. The smallest absolute Gasteiger partial charge is 0.252 e. The van der Waals surface area contributed by atoms with Crippen molar-refractivity contribution in [1.29, 1.82) is 0 Å². The molecular formula is C13H16INO3. The van der Waals surface area contributed by atoms with Crippen molar-refractivity contribution in [1.82, 2.24) is 5.32 Å². The van der Waals surface area contributed by atoms with Gasteiger partial charge in [-0.2, -0.15) is 0 Å². The highest BCUT2D eigenvalue weighted by Gasteiger charge is 2.30. The standard InChI is InChI=1S/C13H16INO3/c14-11-4-2-1-3-10(11)12(16)15-9-13(17)5-7-18-8-6-13/h1-4,17H,5-9H2,(H,15,16). The maximum atomic E-state index is 12.0. The average molecular weight is 361 g/mol. The second-order valence-electron chi connectivity index (χ2n) is 4.50. The zero-order valence-electron chi connectivity index (χ0n) is 9.99. The van der Waals surface area contributed by atoms with Gasteiger partial charge in [0.2, 0.25) is 0 Å². The van der Waals surface area contributed by atoms with E-state index in [1.807, 2.05) is 18.2 Å². The quantitative estimate of drug-likeness (QED) is 0.804. The molecule has 98 valence electrons. The first-order chi connectivity index (χ1) is 8.61. The van der Waals surface area contributed by atoms with Crippen LogP contribution in [0.5, 0.6) is 0 Å². The van der Waals surface area contributed by atoms with Crippen molar-refractivity contribution in [2.45, 2.75) is 18.4 Å². The summed E-state index contributed by atoms with van der Waals surface area (Å²) in [6.07, 6.45) is 1.14. The number of aliphatic hydroxyl groups is 1. The van der Waals surface area contributed by atoms with Gasteiger partial charge in [0.05, 0.1) is 11.2 Å². The first kappa shape index (κ1) is 13.8. The topological polar surface area (TPSA) is 58.6 Å². The van der Waals surface area contributed by atoms with Gasteiger partial charge in [-0.05, 0) is 34.7 Å². The van der Waals surface area contributed by atoms with Gasteiger partial charge < -0.3 is 15.2 Å². The molecule has 0 radical (unpaired) electrons. The molecule has 0 atom stereocenters. The largest absolute Gasteiger partial charge is 0.388 e. The SMILES string of the molecule is O=C(NCC1(O)CCOCC1)c1ccccc1I. The Bertz CT molecular complexity index is 430. The van der Waals surface area contributed by atoms with Crippen molar-refractivity contribution in [3.05, 3.63) is 33.4 Å². The molecule has 1 aliphatic rings. The van der Waals surface area contributed by atoms with Gasteiger partial charge in [-0.25, -0.2) is 0 Å². The second kappa shape index (κ2) is 5.99. The van der Waals surface area contributed by atoms with Gasteiger partial charge in [-0.1, -0.05) is 12.1 Å². The van der Waals surface area contributed by atoms with E-state index in [0.29, 0.717) is 31.6 Å². The number of hydrogen-bond acceptors (Lipinski definition) is 3. The van der Waals surface area contributed by atoms with Crippen molar-refractivity contribution in [2.75, 3.05) is 19.8 Å². The first-order valence-corrected chi connectivity index (χ1v) is 7.01. The minimum Gasteiger partial charge on any atom is -0.388 e. The van der Waals surface area contributed by atoms with Gasteiger partial charge in [0.15, 0.2) is 0 Å². The monoisotopic (exact) mass is 361 g/mol. The van der Waals surface area contributed by atoms with Gasteiger partial charge >= 0.3 is 0 Å². The van der Waals surface area contributed by atoms with E-state index >= 15 is 0 Å². The van der Waals surface area contributed by atoms with E-state index < -0.39 is 5.60 Å². The number of rotatable bonds is 3. The number of carbonyl (C=O) groups excluding carboxylic acids is 1. The molecule has 1 amide bonds. The van der Waals surface area contributed by atoms with Crippen molar-refractivity contribution < 1.29 is 14.6 Å². The van der Waals surface area contributed by atoms with Crippen LogP contribution in [0.3, 0.4) is 0 Å². The van der Waals surface area contributed by atoms with Crippen molar-refractivity contribution >= 4 is 28.5 Å². The molecule has 1 aromatic rings. The Kier molecular flexibility index (Phi) is 4.58.